The Morgan fingerprint density at radius 3 is 0.512 bits per heavy atom. The summed E-state index contributed by atoms with van der Waals surface area (Å²) in [6, 6.07) is 0. The molecule has 0 aromatic carbocycles. The minimum Gasteiger partial charge on any atom is -1.00 e. The summed E-state index contributed by atoms with van der Waals surface area (Å²) in [6.45, 7) is 3.64. The molecule has 0 radical (unpaired) electrons. The fourth-order valence-corrected chi connectivity index (χ4v) is 6.67. The number of unbranched alkanes of at least 4 members (excludes halogenated alkanes) is 35. The average Bonchev–Trinajstić information content (AvgIpc) is 2.96. The highest BCUT2D eigenvalue weighted by molar-refractivity contribution is 4.53. The Bertz CT molecular complexity index is 471. The molecule has 0 atom stereocenters. The molecule has 1 nitrogen and oxygen atoms in total. The molecule has 0 amide bonds. The lowest BCUT2D eigenvalue weighted by Gasteiger charge is -2.23. The average molecular weight is 673 g/mol. The van der Waals surface area contributed by atoms with E-state index in [9.17, 15) is 0 Å². The van der Waals surface area contributed by atoms with Crippen molar-refractivity contribution >= 4 is 0 Å². The van der Waals surface area contributed by atoms with Gasteiger partial charge in [0.05, 0.1) is 27.7 Å². The summed E-state index contributed by atoms with van der Waals surface area (Å²) < 4.78 is 1.12. The Kier molecular flexibility index (Phi) is 40.9. The maximum absolute atomic E-state index is 2.31. The van der Waals surface area contributed by atoms with E-state index in [0.29, 0.717) is 0 Å². The molecule has 0 bridgehead atoms. The first kappa shape index (κ1) is 45.6. The number of quaternary nitrogens is 1. The highest BCUT2D eigenvalue weighted by Crippen LogP contribution is 2.17. The fraction of sp³-hybridized carbons (Fsp3) is 1.00. The van der Waals surface area contributed by atoms with Gasteiger partial charge in [0.15, 0.2) is 0 Å². The van der Waals surface area contributed by atoms with Crippen molar-refractivity contribution < 1.29 is 21.5 Å². The van der Waals surface area contributed by atoms with Crippen LogP contribution in [-0.2, 0) is 0 Å². The van der Waals surface area contributed by atoms with E-state index < -0.39 is 0 Å². The smallest absolute Gasteiger partial charge is 0.0780 e. The van der Waals surface area contributed by atoms with Gasteiger partial charge < -0.3 is 21.5 Å². The first-order valence-corrected chi connectivity index (χ1v) is 20.4. The molecule has 0 aliphatic rings. The van der Waals surface area contributed by atoms with Crippen LogP contribution in [0.5, 0.6) is 0 Å². The van der Waals surface area contributed by atoms with Crippen molar-refractivity contribution in [3.05, 3.63) is 0 Å². The molecular formula is C41H86BrN. The topological polar surface area (TPSA) is 0 Å². The van der Waals surface area contributed by atoms with Crippen LogP contribution in [0.2, 0.25) is 0 Å². The molecule has 0 aliphatic carbocycles. The van der Waals surface area contributed by atoms with Crippen LogP contribution in [-0.4, -0.2) is 32.2 Å². The molecule has 43 heavy (non-hydrogen) atoms. The first-order valence-electron chi connectivity index (χ1n) is 20.4. The summed E-state index contributed by atoms with van der Waals surface area (Å²) in [5, 5.41) is 0. The molecular weight excluding hydrogens is 586 g/mol. The van der Waals surface area contributed by atoms with Gasteiger partial charge in [-0.3, -0.25) is 0 Å². The van der Waals surface area contributed by atoms with Crippen LogP contribution in [0.15, 0.2) is 0 Å². The third-order valence-corrected chi connectivity index (χ3v) is 9.68. The lowest BCUT2D eigenvalue weighted by atomic mass is 10.0. The zero-order chi connectivity index (χ0) is 30.7. The molecule has 0 rings (SSSR count). The summed E-state index contributed by atoms with van der Waals surface area (Å²) >= 11 is 0. The van der Waals surface area contributed by atoms with E-state index in [2.05, 4.69) is 28.1 Å². The van der Waals surface area contributed by atoms with Crippen molar-refractivity contribution in [3.63, 3.8) is 0 Å². The second kappa shape index (κ2) is 38.6. The van der Waals surface area contributed by atoms with Gasteiger partial charge in [0.25, 0.3) is 0 Å². The third-order valence-electron chi connectivity index (χ3n) is 9.68. The van der Waals surface area contributed by atoms with Gasteiger partial charge in [0, 0.05) is 0 Å². The van der Waals surface area contributed by atoms with Crippen molar-refractivity contribution in [2.45, 2.75) is 238 Å². The van der Waals surface area contributed by atoms with Gasteiger partial charge in [-0.15, -0.1) is 0 Å². The van der Waals surface area contributed by atoms with E-state index in [1.807, 2.05) is 0 Å². The van der Waals surface area contributed by atoms with E-state index in [1.54, 1.807) is 0 Å². The van der Waals surface area contributed by atoms with Gasteiger partial charge in [-0.25, -0.2) is 0 Å². The zero-order valence-electron chi connectivity index (χ0n) is 31.0. The second-order valence-corrected chi connectivity index (χ2v) is 15.4. The molecule has 0 spiro atoms. The Hall–Kier alpha value is 0.440. The van der Waals surface area contributed by atoms with Gasteiger partial charge in [-0.05, 0) is 12.8 Å². The van der Waals surface area contributed by atoms with E-state index in [4.69, 9.17) is 0 Å². The summed E-state index contributed by atoms with van der Waals surface area (Å²) in [4.78, 5) is 0. The summed E-state index contributed by atoms with van der Waals surface area (Å²) in [5.74, 6) is 0. The normalized spacial score (nSPS) is 11.7. The highest BCUT2D eigenvalue weighted by atomic mass is 79.9. The number of halogens is 1. The number of hydrogen-bond donors (Lipinski definition) is 0. The number of hydrogen-bond acceptors (Lipinski definition) is 0. The Labute approximate surface area is 286 Å². The largest absolute Gasteiger partial charge is 1.00 e. The van der Waals surface area contributed by atoms with Gasteiger partial charge in [0.1, 0.15) is 0 Å². The molecule has 0 saturated heterocycles. The molecule has 0 N–H and O–H groups in total. The molecule has 0 aliphatic heterocycles. The third kappa shape index (κ3) is 44.6. The maximum atomic E-state index is 2.31. The Morgan fingerprint density at radius 2 is 0.372 bits per heavy atom. The van der Waals surface area contributed by atoms with Crippen LogP contribution < -0.4 is 17.0 Å². The standard InChI is InChI=1S/C41H86N.BrH/c1-5-6-7-8-9-10-11-12-13-14-15-16-17-18-19-20-21-22-23-24-25-26-27-28-29-30-31-32-33-34-35-36-37-38-39-40-41-42(2,3)4;/h5-41H2,1-4H3;1H/q+1;/p-1. The minimum atomic E-state index is 0. The molecule has 0 aromatic rings. The lowest BCUT2D eigenvalue weighted by molar-refractivity contribution is -0.870. The van der Waals surface area contributed by atoms with E-state index in [0.717, 1.165) is 4.48 Å². The van der Waals surface area contributed by atoms with E-state index in [1.165, 1.54) is 238 Å². The Morgan fingerprint density at radius 1 is 0.233 bits per heavy atom. The summed E-state index contributed by atoms with van der Waals surface area (Å²) in [6.07, 6.45) is 53.3. The number of rotatable bonds is 37. The van der Waals surface area contributed by atoms with Crippen LogP contribution in [0.1, 0.15) is 238 Å². The summed E-state index contributed by atoms with van der Waals surface area (Å²) in [7, 11) is 6.93. The van der Waals surface area contributed by atoms with Crippen LogP contribution in [0.3, 0.4) is 0 Å². The second-order valence-electron chi connectivity index (χ2n) is 15.4. The predicted octanol–water partition coefficient (Wildman–Crippen LogP) is 11.8. The monoisotopic (exact) mass is 672 g/mol. The molecule has 0 aromatic heterocycles. The lowest BCUT2D eigenvalue weighted by Crippen LogP contribution is -3.00. The van der Waals surface area contributed by atoms with Gasteiger partial charge in [0.2, 0.25) is 0 Å². The molecule has 0 fully saturated rings. The van der Waals surface area contributed by atoms with Crippen LogP contribution >= 0.6 is 0 Å². The molecule has 2 heteroatoms. The van der Waals surface area contributed by atoms with Gasteiger partial charge in [-0.1, -0.05) is 225 Å². The van der Waals surface area contributed by atoms with Crippen molar-refractivity contribution in [1.82, 2.24) is 0 Å². The van der Waals surface area contributed by atoms with Gasteiger partial charge in [-0.2, -0.15) is 0 Å². The summed E-state index contributed by atoms with van der Waals surface area (Å²) in [5.41, 5.74) is 0. The van der Waals surface area contributed by atoms with Crippen molar-refractivity contribution in [3.8, 4) is 0 Å². The van der Waals surface area contributed by atoms with Crippen LogP contribution in [0, 0.1) is 0 Å². The molecule has 0 heterocycles. The van der Waals surface area contributed by atoms with Crippen molar-refractivity contribution in [2.75, 3.05) is 27.7 Å². The van der Waals surface area contributed by atoms with E-state index >= 15 is 0 Å². The van der Waals surface area contributed by atoms with Crippen molar-refractivity contribution in [1.29, 1.82) is 0 Å². The predicted molar refractivity (Wildman–Crippen MR) is 195 cm³/mol. The highest BCUT2D eigenvalue weighted by Gasteiger charge is 2.05. The zero-order valence-corrected chi connectivity index (χ0v) is 32.6. The molecule has 0 saturated carbocycles. The van der Waals surface area contributed by atoms with Crippen LogP contribution in [0.25, 0.3) is 0 Å². The first-order chi connectivity index (χ1) is 20.6. The molecule has 262 valence electrons. The van der Waals surface area contributed by atoms with Crippen LogP contribution in [0.4, 0.5) is 0 Å². The fourth-order valence-electron chi connectivity index (χ4n) is 6.67. The van der Waals surface area contributed by atoms with E-state index in [-0.39, 0.29) is 17.0 Å². The number of nitrogens with zero attached hydrogens (tertiary/aromatic N) is 1. The Balaban J connectivity index is 0. The van der Waals surface area contributed by atoms with Gasteiger partial charge >= 0.3 is 0 Å². The quantitative estimate of drug-likeness (QED) is 0.0455. The maximum Gasteiger partial charge on any atom is 0.0780 e. The minimum absolute atomic E-state index is 0. The van der Waals surface area contributed by atoms with Crippen molar-refractivity contribution in [2.24, 2.45) is 0 Å². The SMILES string of the molecule is CCCCCCCCCCCCCCCCCCCCCCCCCCCCCCCCCCCCCC[N+](C)(C)C.[Br-]. The molecule has 0 unspecified atom stereocenters.